The van der Waals surface area contributed by atoms with Crippen molar-refractivity contribution in [3.63, 3.8) is 0 Å². The van der Waals surface area contributed by atoms with E-state index >= 15 is 0 Å². The Bertz CT molecular complexity index is 220. The zero-order valence-electron chi connectivity index (χ0n) is 9.82. The minimum Gasteiger partial charge on any atom is -0.462 e. The van der Waals surface area contributed by atoms with Gasteiger partial charge in [0.25, 0.3) is 0 Å². The molecule has 4 heteroatoms. The first-order chi connectivity index (χ1) is 7.84. The molecule has 2 saturated heterocycles. The highest BCUT2D eigenvalue weighted by Gasteiger charge is 2.19. The number of carbonyl (C=O) groups excluding carboxylic acids is 1. The molecule has 0 saturated carbocycles. The standard InChI is InChI=1S/C12H21NO3/c14-12(9-13-6-2-1-3-7-13)16-10-11-5-4-8-15-11/h11H,1-10H2/t11-/m0/s1. The number of rotatable bonds is 4. The molecule has 0 aromatic rings. The molecule has 2 aliphatic heterocycles. The SMILES string of the molecule is O=C(CN1CCCCC1)OC[C@@H]1CCCO1. The first-order valence-corrected chi connectivity index (χ1v) is 6.34. The van der Waals surface area contributed by atoms with E-state index in [0.29, 0.717) is 13.2 Å². The number of carbonyl (C=O) groups is 1. The average molecular weight is 227 g/mol. The van der Waals surface area contributed by atoms with Gasteiger partial charge >= 0.3 is 5.97 Å². The summed E-state index contributed by atoms with van der Waals surface area (Å²) in [5.41, 5.74) is 0. The highest BCUT2D eigenvalue weighted by atomic mass is 16.6. The predicted molar refractivity (Wildman–Crippen MR) is 60.2 cm³/mol. The van der Waals surface area contributed by atoms with Gasteiger partial charge in [-0.1, -0.05) is 6.42 Å². The van der Waals surface area contributed by atoms with Crippen LogP contribution in [0.15, 0.2) is 0 Å². The van der Waals surface area contributed by atoms with Crippen LogP contribution in [0.5, 0.6) is 0 Å². The van der Waals surface area contributed by atoms with Crippen molar-refractivity contribution in [2.75, 3.05) is 32.8 Å². The molecule has 2 aliphatic rings. The van der Waals surface area contributed by atoms with Crippen LogP contribution in [0.25, 0.3) is 0 Å². The second-order valence-corrected chi connectivity index (χ2v) is 4.65. The van der Waals surface area contributed by atoms with Crippen LogP contribution in [0.4, 0.5) is 0 Å². The fourth-order valence-corrected chi connectivity index (χ4v) is 2.31. The predicted octanol–water partition coefficient (Wildman–Crippen LogP) is 1.19. The maximum atomic E-state index is 11.5. The van der Waals surface area contributed by atoms with Crippen molar-refractivity contribution in [1.82, 2.24) is 4.90 Å². The van der Waals surface area contributed by atoms with Gasteiger partial charge in [-0.15, -0.1) is 0 Å². The van der Waals surface area contributed by atoms with Crippen molar-refractivity contribution in [3.05, 3.63) is 0 Å². The largest absolute Gasteiger partial charge is 0.462 e. The molecular formula is C12H21NO3. The molecule has 0 spiro atoms. The van der Waals surface area contributed by atoms with E-state index in [4.69, 9.17) is 9.47 Å². The molecule has 0 unspecified atom stereocenters. The summed E-state index contributed by atoms with van der Waals surface area (Å²) in [5, 5.41) is 0. The van der Waals surface area contributed by atoms with Crippen LogP contribution >= 0.6 is 0 Å². The second kappa shape index (κ2) is 6.21. The molecule has 0 aromatic carbocycles. The summed E-state index contributed by atoms with van der Waals surface area (Å²) in [6, 6.07) is 0. The van der Waals surface area contributed by atoms with Gasteiger partial charge in [0.2, 0.25) is 0 Å². The lowest BCUT2D eigenvalue weighted by molar-refractivity contribution is -0.148. The molecule has 0 aromatic heterocycles. The topological polar surface area (TPSA) is 38.8 Å². The molecule has 4 nitrogen and oxygen atoms in total. The Kier molecular flexibility index (Phi) is 4.60. The molecule has 1 atom stereocenters. The first kappa shape index (κ1) is 11.9. The maximum absolute atomic E-state index is 11.5. The molecule has 2 heterocycles. The Hall–Kier alpha value is -0.610. The van der Waals surface area contributed by atoms with Crippen LogP contribution in [-0.2, 0) is 14.3 Å². The van der Waals surface area contributed by atoms with E-state index in [1.54, 1.807) is 0 Å². The molecule has 16 heavy (non-hydrogen) atoms. The fourth-order valence-electron chi connectivity index (χ4n) is 2.31. The Morgan fingerprint density at radius 1 is 1.25 bits per heavy atom. The number of hydrogen-bond donors (Lipinski definition) is 0. The summed E-state index contributed by atoms with van der Waals surface area (Å²) < 4.78 is 10.6. The minimum atomic E-state index is -0.0996. The van der Waals surface area contributed by atoms with Gasteiger partial charge in [-0.25, -0.2) is 0 Å². The summed E-state index contributed by atoms with van der Waals surface area (Å²) >= 11 is 0. The van der Waals surface area contributed by atoms with Gasteiger partial charge < -0.3 is 9.47 Å². The molecule has 2 rings (SSSR count). The molecule has 92 valence electrons. The number of ether oxygens (including phenoxy) is 2. The lowest BCUT2D eigenvalue weighted by Crippen LogP contribution is -2.36. The van der Waals surface area contributed by atoms with E-state index in [1.165, 1.54) is 19.3 Å². The molecule has 0 bridgehead atoms. The molecule has 0 N–H and O–H groups in total. The Morgan fingerprint density at radius 3 is 2.75 bits per heavy atom. The van der Waals surface area contributed by atoms with Crippen LogP contribution in [0, 0.1) is 0 Å². The van der Waals surface area contributed by atoms with Crippen molar-refractivity contribution in [2.24, 2.45) is 0 Å². The van der Waals surface area contributed by atoms with E-state index in [2.05, 4.69) is 4.90 Å². The zero-order chi connectivity index (χ0) is 11.2. The monoisotopic (exact) mass is 227 g/mol. The number of esters is 1. The van der Waals surface area contributed by atoms with Gasteiger partial charge in [0, 0.05) is 6.61 Å². The van der Waals surface area contributed by atoms with Gasteiger partial charge in [-0.2, -0.15) is 0 Å². The highest BCUT2D eigenvalue weighted by Crippen LogP contribution is 2.12. The normalized spacial score (nSPS) is 26.9. The molecular weight excluding hydrogens is 206 g/mol. The molecule has 2 fully saturated rings. The summed E-state index contributed by atoms with van der Waals surface area (Å²) in [7, 11) is 0. The third-order valence-corrected chi connectivity index (χ3v) is 3.26. The van der Waals surface area contributed by atoms with E-state index in [0.717, 1.165) is 32.5 Å². The first-order valence-electron chi connectivity index (χ1n) is 6.34. The Labute approximate surface area is 96.9 Å². The Morgan fingerprint density at radius 2 is 2.06 bits per heavy atom. The molecule has 0 radical (unpaired) electrons. The third-order valence-electron chi connectivity index (χ3n) is 3.26. The van der Waals surface area contributed by atoms with Gasteiger partial charge in [0.1, 0.15) is 6.61 Å². The summed E-state index contributed by atoms with van der Waals surface area (Å²) in [6.07, 6.45) is 5.97. The van der Waals surface area contributed by atoms with Crippen molar-refractivity contribution in [1.29, 1.82) is 0 Å². The van der Waals surface area contributed by atoms with Gasteiger partial charge in [0.05, 0.1) is 12.6 Å². The number of hydrogen-bond acceptors (Lipinski definition) is 4. The minimum absolute atomic E-state index is 0.0996. The van der Waals surface area contributed by atoms with Crippen molar-refractivity contribution < 1.29 is 14.3 Å². The fraction of sp³-hybridized carbons (Fsp3) is 0.917. The maximum Gasteiger partial charge on any atom is 0.320 e. The Balaban J connectivity index is 1.59. The number of piperidine rings is 1. The van der Waals surface area contributed by atoms with Crippen LogP contribution in [0.1, 0.15) is 32.1 Å². The summed E-state index contributed by atoms with van der Waals surface area (Å²) in [4.78, 5) is 13.7. The van der Waals surface area contributed by atoms with E-state index in [-0.39, 0.29) is 12.1 Å². The zero-order valence-corrected chi connectivity index (χ0v) is 9.82. The summed E-state index contributed by atoms with van der Waals surface area (Å²) in [6.45, 7) is 3.78. The molecule has 0 amide bonds. The molecule has 0 aliphatic carbocycles. The van der Waals surface area contributed by atoms with Crippen molar-refractivity contribution in [3.8, 4) is 0 Å². The van der Waals surface area contributed by atoms with Crippen LogP contribution in [-0.4, -0.2) is 49.8 Å². The average Bonchev–Trinajstić information content (AvgIpc) is 2.81. The number of likely N-dealkylation sites (tertiary alicyclic amines) is 1. The van der Waals surface area contributed by atoms with E-state index < -0.39 is 0 Å². The lowest BCUT2D eigenvalue weighted by Gasteiger charge is -2.25. The van der Waals surface area contributed by atoms with Crippen LogP contribution in [0.3, 0.4) is 0 Å². The van der Waals surface area contributed by atoms with Gasteiger partial charge in [0.15, 0.2) is 0 Å². The highest BCUT2D eigenvalue weighted by molar-refractivity contribution is 5.71. The van der Waals surface area contributed by atoms with Gasteiger partial charge in [-0.05, 0) is 38.8 Å². The second-order valence-electron chi connectivity index (χ2n) is 4.65. The number of nitrogens with zero attached hydrogens (tertiary/aromatic N) is 1. The quantitative estimate of drug-likeness (QED) is 0.676. The van der Waals surface area contributed by atoms with Crippen LogP contribution in [0.2, 0.25) is 0 Å². The van der Waals surface area contributed by atoms with E-state index in [9.17, 15) is 4.79 Å². The summed E-state index contributed by atoms with van der Waals surface area (Å²) in [5.74, 6) is -0.0996. The van der Waals surface area contributed by atoms with Crippen molar-refractivity contribution in [2.45, 2.75) is 38.2 Å². The van der Waals surface area contributed by atoms with Gasteiger partial charge in [-0.3, -0.25) is 9.69 Å². The smallest absolute Gasteiger partial charge is 0.320 e. The lowest BCUT2D eigenvalue weighted by atomic mass is 10.1. The van der Waals surface area contributed by atoms with Crippen molar-refractivity contribution >= 4 is 5.97 Å². The third kappa shape index (κ3) is 3.76. The van der Waals surface area contributed by atoms with Crippen LogP contribution < -0.4 is 0 Å². The van der Waals surface area contributed by atoms with E-state index in [1.807, 2.05) is 0 Å².